The fraction of sp³-hybridized carbons (Fsp3) is 0.368. The van der Waals surface area contributed by atoms with Gasteiger partial charge in [0.25, 0.3) is 0 Å². The number of methoxy groups -OCH3 is 1. The van der Waals surface area contributed by atoms with E-state index in [1.54, 1.807) is 25.3 Å². The molecule has 252 valence electrons. The molecule has 1 N–H and O–H groups in total. The maximum absolute atomic E-state index is 12.5. The third-order valence-electron chi connectivity index (χ3n) is 7.87. The molecule has 0 saturated heterocycles. The monoisotopic (exact) mass is 700 g/mol. The molecule has 4 aromatic carbocycles. The number of ether oxygens (including phenoxy) is 3. The van der Waals surface area contributed by atoms with Crippen LogP contribution in [0, 0.1) is 0 Å². The first-order chi connectivity index (χ1) is 22.7. The van der Waals surface area contributed by atoms with Gasteiger partial charge in [-0.15, -0.1) is 0 Å². The molecule has 48 heavy (non-hydrogen) atoms. The molecule has 0 fully saturated rings. The molecule has 0 aliphatic rings. The number of rotatable bonds is 19. The van der Waals surface area contributed by atoms with Crippen molar-refractivity contribution in [1.82, 2.24) is 0 Å². The van der Waals surface area contributed by atoms with Crippen LogP contribution in [0.15, 0.2) is 99.6 Å². The average Bonchev–Trinajstić information content (AvgIpc) is 3.08. The van der Waals surface area contributed by atoms with Crippen LogP contribution >= 0.6 is 11.8 Å². The molecular formula is C38H45NaO7S2. The summed E-state index contributed by atoms with van der Waals surface area (Å²) in [4.78, 5) is 0.787. The Morgan fingerprint density at radius 3 is 2.27 bits per heavy atom. The molecular weight excluding hydrogens is 656 g/mol. The van der Waals surface area contributed by atoms with Gasteiger partial charge in [-0.25, -0.2) is 8.42 Å². The van der Waals surface area contributed by atoms with Crippen LogP contribution in [0.4, 0.5) is 0 Å². The van der Waals surface area contributed by atoms with E-state index in [2.05, 4.69) is 13.8 Å². The molecule has 1 atom stereocenters. The zero-order chi connectivity index (χ0) is 33.6. The van der Waals surface area contributed by atoms with E-state index in [9.17, 15) is 18.1 Å². The quantitative estimate of drug-likeness (QED) is 0.0704. The SMILES string of the molecule is CCCCCCCOCc1cc(C(O)c2ccccc2-c2ccc(Sc3ccc(OCCCC)cc3)c(S(=O)(=O)[O-])c2)ccc1OC.[Na+]. The fourth-order valence-electron chi connectivity index (χ4n) is 5.27. The Kier molecular flexibility index (Phi) is 17.0. The molecule has 4 aromatic rings. The zero-order valence-electron chi connectivity index (χ0n) is 28.4. The maximum Gasteiger partial charge on any atom is 1.00 e. The Morgan fingerprint density at radius 1 is 0.833 bits per heavy atom. The Hall–Kier alpha value is -2.34. The number of benzene rings is 4. The Labute approximate surface area is 312 Å². The van der Waals surface area contributed by atoms with Gasteiger partial charge in [-0.2, -0.15) is 0 Å². The van der Waals surface area contributed by atoms with Crippen molar-refractivity contribution >= 4 is 21.9 Å². The summed E-state index contributed by atoms with van der Waals surface area (Å²) in [6.45, 7) is 5.94. The van der Waals surface area contributed by atoms with Gasteiger partial charge in [-0.1, -0.05) is 94.1 Å². The first-order valence-electron chi connectivity index (χ1n) is 16.3. The first kappa shape index (κ1) is 40.1. The van der Waals surface area contributed by atoms with E-state index in [1.807, 2.05) is 60.7 Å². The molecule has 10 heteroatoms. The number of aliphatic hydroxyl groups excluding tert-OH is 1. The van der Waals surface area contributed by atoms with Crippen LogP contribution in [-0.4, -0.2) is 38.4 Å². The molecule has 0 spiro atoms. The molecule has 0 bridgehead atoms. The van der Waals surface area contributed by atoms with Crippen LogP contribution in [0.3, 0.4) is 0 Å². The van der Waals surface area contributed by atoms with Gasteiger partial charge in [0.15, 0.2) is 0 Å². The molecule has 7 nitrogen and oxygen atoms in total. The minimum Gasteiger partial charge on any atom is -0.744 e. The van der Waals surface area contributed by atoms with Gasteiger partial charge >= 0.3 is 29.6 Å². The van der Waals surface area contributed by atoms with Gasteiger partial charge in [0.05, 0.1) is 25.2 Å². The van der Waals surface area contributed by atoms with E-state index in [0.29, 0.717) is 52.7 Å². The topological polar surface area (TPSA) is 105 Å². The van der Waals surface area contributed by atoms with E-state index in [-0.39, 0.29) is 34.5 Å². The van der Waals surface area contributed by atoms with Crippen molar-refractivity contribution in [2.24, 2.45) is 0 Å². The van der Waals surface area contributed by atoms with Crippen LogP contribution < -0.4 is 39.0 Å². The number of hydrogen-bond donors (Lipinski definition) is 1. The number of aliphatic hydroxyl groups is 1. The largest absolute Gasteiger partial charge is 1.00 e. The number of hydrogen-bond acceptors (Lipinski definition) is 8. The molecule has 0 aliphatic carbocycles. The van der Waals surface area contributed by atoms with Gasteiger partial charge in [-0.3, -0.25) is 0 Å². The van der Waals surface area contributed by atoms with Crippen molar-refractivity contribution in [3.63, 3.8) is 0 Å². The first-order valence-corrected chi connectivity index (χ1v) is 18.5. The molecule has 0 radical (unpaired) electrons. The van der Waals surface area contributed by atoms with Gasteiger partial charge in [-0.05, 0) is 83.6 Å². The molecule has 0 saturated carbocycles. The van der Waals surface area contributed by atoms with Crippen molar-refractivity contribution in [2.75, 3.05) is 20.3 Å². The predicted molar refractivity (Wildman–Crippen MR) is 186 cm³/mol. The van der Waals surface area contributed by atoms with Crippen molar-refractivity contribution < 1.29 is 61.8 Å². The second-order valence-electron chi connectivity index (χ2n) is 11.4. The summed E-state index contributed by atoms with van der Waals surface area (Å²) >= 11 is 1.20. The smallest absolute Gasteiger partial charge is 0.744 e. The summed E-state index contributed by atoms with van der Waals surface area (Å²) in [5, 5.41) is 11.6. The van der Waals surface area contributed by atoms with Gasteiger partial charge in [0.2, 0.25) is 0 Å². The summed E-state index contributed by atoms with van der Waals surface area (Å²) in [5.74, 6) is 1.41. The molecule has 0 heterocycles. The summed E-state index contributed by atoms with van der Waals surface area (Å²) in [7, 11) is -3.20. The van der Waals surface area contributed by atoms with Crippen LogP contribution in [0.5, 0.6) is 11.5 Å². The zero-order valence-corrected chi connectivity index (χ0v) is 32.1. The van der Waals surface area contributed by atoms with Crippen LogP contribution in [0.25, 0.3) is 11.1 Å². The van der Waals surface area contributed by atoms with E-state index in [4.69, 9.17) is 14.2 Å². The predicted octanol–water partition coefficient (Wildman–Crippen LogP) is 6.17. The van der Waals surface area contributed by atoms with Crippen molar-refractivity contribution in [3.05, 3.63) is 102 Å². The summed E-state index contributed by atoms with van der Waals surface area (Å²) in [6.07, 6.45) is 6.75. The van der Waals surface area contributed by atoms with E-state index < -0.39 is 16.2 Å². The molecule has 0 amide bonds. The van der Waals surface area contributed by atoms with Gasteiger partial charge in [0.1, 0.15) is 27.7 Å². The van der Waals surface area contributed by atoms with Crippen molar-refractivity contribution in [3.8, 4) is 22.6 Å². The van der Waals surface area contributed by atoms with Crippen LogP contribution in [-0.2, 0) is 21.5 Å². The Bertz CT molecular complexity index is 1680. The molecule has 0 aromatic heterocycles. The normalized spacial score (nSPS) is 11.9. The van der Waals surface area contributed by atoms with Crippen LogP contribution in [0.1, 0.15) is 81.6 Å². The van der Waals surface area contributed by atoms with Gasteiger partial charge < -0.3 is 23.9 Å². The fourth-order valence-corrected chi connectivity index (χ4v) is 7.11. The summed E-state index contributed by atoms with van der Waals surface area (Å²) in [6, 6.07) is 24.9. The summed E-state index contributed by atoms with van der Waals surface area (Å²) < 4.78 is 54.7. The minimum atomic E-state index is -4.81. The Morgan fingerprint density at radius 2 is 1.56 bits per heavy atom. The summed E-state index contributed by atoms with van der Waals surface area (Å²) in [5.41, 5.74) is 3.19. The van der Waals surface area contributed by atoms with Crippen LogP contribution in [0.2, 0.25) is 0 Å². The second kappa shape index (κ2) is 20.4. The van der Waals surface area contributed by atoms with E-state index >= 15 is 0 Å². The maximum atomic E-state index is 12.5. The third-order valence-corrected chi connectivity index (χ3v) is 9.96. The molecule has 4 rings (SSSR count). The van der Waals surface area contributed by atoms with Crippen molar-refractivity contribution in [1.29, 1.82) is 0 Å². The minimum absolute atomic E-state index is 0. The van der Waals surface area contributed by atoms with E-state index in [0.717, 1.165) is 41.9 Å². The Balaban J connectivity index is 0.00000625. The second-order valence-corrected chi connectivity index (χ2v) is 13.9. The molecule has 1 unspecified atom stereocenters. The standard InChI is InChI=1S/C38H46O7S2.Na/c1-4-6-8-9-12-23-44-27-30-25-29(15-21-35(30)43-3)38(39)34-14-11-10-13-33(34)28-16-22-36(37(26-28)47(40,41)42)46-32-19-17-31(18-20-32)45-24-7-5-2;/h10-11,13-22,25-26,38-39H,4-9,12,23-24,27H2,1-3H3,(H,40,41,42);/q;+1/p-1. The van der Waals surface area contributed by atoms with Gasteiger partial charge in [0, 0.05) is 22.0 Å². The third kappa shape index (κ3) is 11.6. The number of unbranched alkanes of at least 4 members (excludes halogenated alkanes) is 5. The van der Waals surface area contributed by atoms with E-state index in [1.165, 1.54) is 37.1 Å². The van der Waals surface area contributed by atoms with Crippen molar-refractivity contribution in [2.45, 2.75) is 86.2 Å². The molecule has 0 aliphatic heterocycles. The average molecular weight is 701 g/mol.